The van der Waals surface area contributed by atoms with E-state index in [9.17, 15) is 9.59 Å². The molecule has 31 heavy (non-hydrogen) atoms. The van der Waals surface area contributed by atoms with E-state index in [4.69, 9.17) is 21.1 Å². The van der Waals surface area contributed by atoms with E-state index in [0.29, 0.717) is 32.0 Å². The molecule has 0 aliphatic heterocycles. The first-order chi connectivity index (χ1) is 14.8. The van der Waals surface area contributed by atoms with Crippen molar-refractivity contribution < 1.29 is 19.1 Å². The van der Waals surface area contributed by atoms with Crippen LogP contribution in [0.25, 0.3) is 0 Å². The molecule has 2 aromatic carbocycles. The number of hydrogen-bond acceptors (Lipinski definition) is 5. The number of amides is 2. The third kappa shape index (κ3) is 5.18. The predicted molar refractivity (Wildman–Crippen MR) is 124 cm³/mol. The van der Waals surface area contributed by atoms with Crippen molar-refractivity contribution in [3.63, 3.8) is 0 Å². The Morgan fingerprint density at radius 3 is 2.45 bits per heavy atom. The Labute approximate surface area is 190 Å². The lowest BCUT2D eigenvalue weighted by molar-refractivity contribution is 0.0942. The lowest BCUT2D eigenvalue weighted by Gasteiger charge is -2.18. The van der Waals surface area contributed by atoms with Crippen LogP contribution >= 0.6 is 22.9 Å². The Morgan fingerprint density at radius 1 is 1.03 bits per heavy atom. The van der Waals surface area contributed by atoms with E-state index < -0.39 is 0 Å². The molecule has 0 saturated heterocycles. The van der Waals surface area contributed by atoms with Crippen molar-refractivity contribution in [3.05, 3.63) is 75.1 Å². The number of anilines is 1. The van der Waals surface area contributed by atoms with E-state index in [2.05, 4.69) is 10.6 Å². The third-order valence-electron chi connectivity index (χ3n) is 4.73. The van der Waals surface area contributed by atoms with Gasteiger partial charge < -0.3 is 20.1 Å². The lowest BCUT2D eigenvalue weighted by Crippen LogP contribution is -2.26. The zero-order chi connectivity index (χ0) is 22.5. The largest absolute Gasteiger partial charge is 0.497 e. The molecule has 2 amide bonds. The maximum absolute atomic E-state index is 12.9. The maximum atomic E-state index is 12.9. The van der Waals surface area contributed by atoms with Gasteiger partial charge in [0.1, 0.15) is 11.5 Å². The highest BCUT2D eigenvalue weighted by Gasteiger charge is 2.20. The zero-order valence-corrected chi connectivity index (χ0v) is 19.2. The van der Waals surface area contributed by atoms with Gasteiger partial charge in [0, 0.05) is 5.56 Å². The van der Waals surface area contributed by atoms with E-state index in [1.165, 1.54) is 11.3 Å². The SMILES string of the molecule is COc1ccc(OC)c(C(C)NC(=O)c2sc(NC(=O)c3ccccc3Cl)cc2C)c1. The molecule has 0 spiro atoms. The molecule has 0 aliphatic rings. The number of thiophene rings is 1. The van der Waals surface area contributed by atoms with Crippen LogP contribution in [0.15, 0.2) is 48.5 Å². The van der Waals surface area contributed by atoms with E-state index in [1.54, 1.807) is 56.7 Å². The maximum Gasteiger partial charge on any atom is 0.262 e. The second-order valence-electron chi connectivity index (χ2n) is 6.86. The molecular weight excluding hydrogens is 436 g/mol. The molecular formula is C23H23ClN2O4S. The van der Waals surface area contributed by atoms with Gasteiger partial charge in [-0.2, -0.15) is 0 Å². The Morgan fingerprint density at radius 2 is 1.77 bits per heavy atom. The Balaban J connectivity index is 1.75. The fraction of sp³-hybridized carbons (Fsp3) is 0.217. The smallest absolute Gasteiger partial charge is 0.262 e. The molecule has 3 aromatic rings. The number of methoxy groups -OCH3 is 2. The van der Waals surface area contributed by atoms with Gasteiger partial charge in [-0.25, -0.2) is 0 Å². The Bertz CT molecular complexity index is 1110. The molecule has 6 nitrogen and oxygen atoms in total. The van der Waals surface area contributed by atoms with Crippen LogP contribution in [0.1, 0.15) is 44.1 Å². The van der Waals surface area contributed by atoms with E-state index in [0.717, 1.165) is 11.1 Å². The molecule has 1 atom stereocenters. The summed E-state index contributed by atoms with van der Waals surface area (Å²) in [6.07, 6.45) is 0. The van der Waals surface area contributed by atoms with Gasteiger partial charge in [-0.3, -0.25) is 9.59 Å². The third-order valence-corrected chi connectivity index (χ3v) is 6.21. The fourth-order valence-electron chi connectivity index (χ4n) is 3.11. The number of aryl methyl sites for hydroxylation is 1. The normalized spacial score (nSPS) is 11.5. The number of hydrogen-bond donors (Lipinski definition) is 2. The highest BCUT2D eigenvalue weighted by molar-refractivity contribution is 7.18. The summed E-state index contributed by atoms with van der Waals surface area (Å²) in [5.41, 5.74) is 1.94. The van der Waals surface area contributed by atoms with Gasteiger partial charge in [0.2, 0.25) is 0 Å². The zero-order valence-electron chi connectivity index (χ0n) is 17.6. The quantitative estimate of drug-likeness (QED) is 0.492. The molecule has 0 aliphatic carbocycles. The Kier molecular flexibility index (Phi) is 7.20. The van der Waals surface area contributed by atoms with Gasteiger partial charge in [-0.15, -0.1) is 11.3 Å². The second-order valence-corrected chi connectivity index (χ2v) is 8.32. The fourth-order valence-corrected chi connectivity index (χ4v) is 4.30. The second kappa shape index (κ2) is 9.85. The van der Waals surface area contributed by atoms with Crippen molar-refractivity contribution in [3.8, 4) is 11.5 Å². The van der Waals surface area contributed by atoms with Crippen molar-refractivity contribution in [1.29, 1.82) is 0 Å². The van der Waals surface area contributed by atoms with Crippen LogP contribution in [0.2, 0.25) is 5.02 Å². The molecule has 2 N–H and O–H groups in total. The van der Waals surface area contributed by atoms with Crippen LogP contribution in [-0.4, -0.2) is 26.0 Å². The highest BCUT2D eigenvalue weighted by atomic mass is 35.5. The van der Waals surface area contributed by atoms with Crippen molar-refractivity contribution in [2.24, 2.45) is 0 Å². The van der Waals surface area contributed by atoms with Crippen LogP contribution in [0.3, 0.4) is 0 Å². The molecule has 3 rings (SSSR count). The molecule has 1 unspecified atom stereocenters. The topological polar surface area (TPSA) is 76.7 Å². The summed E-state index contributed by atoms with van der Waals surface area (Å²) in [5.74, 6) is 0.768. The number of nitrogens with one attached hydrogen (secondary N) is 2. The minimum absolute atomic E-state index is 0.238. The molecule has 1 heterocycles. The molecule has 0 bridgehead atoms. The summed E-state index contributed by atoms with van der Waals surface area (Å²) in [5, 5.41) is 6.74. The van der Waals surface area contributed by atoms with Gasteiger partial charge in [-0.05, 0) is 55.8 Å². The number of carbonyl (C=O) groups excluding carboxylic acids is 2. The van der Waals surface area contributed by atoms with Crippen molar-refractivity contribution in [2.75, 3.05) is 19.5 Å². The first-order valence-corrected chi connectivity index (χ1v) is 10.7. The summed E-state index contributed by atoms with van der Waals surface area (Å²) >= 11 is 7.30. The molecule has 1 aromatic heterocycles. The average molecular weight is 459 g/mol. The molecule has 8 heteroatoms. The molecule has 0 saturated carbocycles. The highest BCUT2D eigenvalue weighted by Crippen LogP contribution is 2.31. The van der Waals surface area contributed by atoms with E-state index in [1.807, 2.05) is 19.9 Å². The van der Waals surface area contributed by atoms with Crippen molar-refractivity contribution in [2.45, 2.75) is 19.9 Å². The molecule has 0 fully saturated rings. The Hall–Kier alpha value is -3.03. The number of halogens is 1. The molecule has 0 radical (unpaired) electrons. The van der Waals surface area contributed by atoms with Crippen LogP contribution in [0, 0.1) is 6.92 Å². The predicted octanol–water partition coefficient (Wildman–Crippen LogP) is 5.47. The van der Waals surface area contributed by atoms with Crippen molar-refractivity contribution in [1.82, 2.24) is 5.32 Å². The average Bonchev–Trinajstić information content (AvgIpc) is 3.13. The van der Waals surface area contributed by atoms with Gasteiger partial charge in [0.05, 0.1) is 40.7 Å². The van der Waals surface area contributed by atoms with Crippen LogP contribution in [0.4, 0.5) is 5.00 Å². The van der Waals surface area contributed by atoms with Gasteiger partial charge in [0.25, 0.3) is 11.8 Å². The van der Waals surface area contributed by atoms with Crippen LogP contribution in [-0.2, 0) is 0 Å². The van der Waals surface area contributed by atoms with Crippen molar-refractivity contribution >= 4 is 39.8 Å². The number of carbonyl (C=O) groups is 2. The first kappa shape index (κ1) is 22.7. The minimum Gasteiger partial charge on any atom is -0.497 e. The number of ether oxygens (including phenoxy) is 2. The summed E-state index contributed by atoms with van der Waals surface area (Å²) in [6.45, 7) is 3.70. The minimum atomic E-state index is -0.326. The van der Waals surface area contributed by atoms with Crippen LogP contribution in [0.5, 0.6) is 11.5 Å². The lowest BCUT2D eigenvalue weighted by atomic mass is 10.1. The summed E-state index contributed by atoms with van der Waals surface area (Å²) in [4.78, 5) is 25.9. The first-order valence-electron chi connectivity index (χ1n) is 9.53. The van der Waals surface area contributed by atoms with Gasteiger partial charge in [0.15, 0.2) is 0 Å². The molecule has 162 valence electrons. The van der Waals surface area contributed by atoms with E-state index in [-0.39, 0.29) is 17.9 Å². The summed E-state index contributed by atoms with van der Waals surface area (Å²) < 4.78 is 10.7. The van der Waals surface area contributed by atoms with Crippen LogP contribution < -0.4 is 20.1 Å². The summed E-state index contributed by atoms with van der Waals surface area (Å²) in [6, 6.07) is 13.7. The number of rotatable bonds is 7. The number of benzene rings is 2. The monoisotopic (exact) mass is 458 g/mol. The van der Waals surface area contributed by atoms with Gasteiger partial charge in [-0.1, -0.05) is 23.7 Å². The standard InChI is InChI=1S/C23H23ClN2O4S/c1-13-11-20(26-22(27)16-7-5-6-8-18(16)24)31-21(13)23(28)25-14(2)17-12-15(29-3)9-10-19(17)30-4/h5-12,14H,1-4H3,(H,25,28)(H,26,27). The van der Waals surface area contributed by atoms with Gasteiger partial charge >= 0.3 is 0 Å². The van der Waals surface area contributed by atoms with E-state index >= 15 is 0 Å². The summed E-state index contributed by atoms with van der Waals surface area (Å²) in [7, 11) is 3.17.